The van der Waals surface area contributed by atoms with E-state index in [1.807, 2.05) is 0 Å². The van der Waals surface area contributed by atoms with Gasteiger partial charge in [0.25, 0.3) is 0 Å². The van der Waals surface area contributed by atoms with Gasteiger partial charge in [0.2, 0.25) is 5.91 Å². The quantitative estimate of drug-likeness (QED) is 0.135. The van der Waals surface area contributed by atoms with Crippen LogP contribution in [0, 0.1) is 0 Å². The van der Waals surface area contributed by atoms with Crippen LogP contribution in [0.5, 0.6) is 0 Å². The number of ether oxygens (including phenoxy) is 5. The molecule has 37 heavy (non-hydrogen) atoms. The highest BCUT2D eigenvalue weighted by atomic mass is 16.7. The molecule has 11 N–H and O–H groups in total. The minimum Gasteiger partial charge on any atom is -0.394 e. The predicted molar refractivity (Wildman–Crippen MR) is 113 cm³/mol. The molecule has 0 aromatic rings. The molecule has 3 rings (SSSR count). The van der Waals surface area contributed by atoms with Crippen molar-refractivity contribution >= 4 is 5.91 Å². The lowest BCUT2D eigenvalue weighted by Crippen LogP contribution is -2.68. The van der Waals surface area contributed by atoms with Gasteiger partial charge in [0.05, 0.1) is 19.8 Å². The van der Waals surface area contributed by atoms with Crippen molar-refractivity contribution in [2.24, 2.45) is 0 Å². The van der Waals surface area contributed by atoms with Crippen LogP contribution in [0.15, 0.2) is 0 Å². The number of hydrogen-bond donors (Lipinski definition) is 11. The topological polar surface area (TPSA) is 278 Å². The summed E-state index contributed by atoms with van der Waals surface area (Å²) >= 11 is 0. The van der Waals surface area contributed by atoms with Gasteiger partial charge in [0.15, 0.2) is 18.9 Å². The lowest BCUT2D eigenvalue weighted by Gasteiger charge is -2.48. The van der Waals surface area contributed by atoms with Gasteiger partial charge in [-0.05, 0) is 0 Å². The Morgan fingerprint density at radius 3 is 1.68 bits per heavy atom. The third-order valence-electron chi connectivity index (χ3n) is 6.49. The summed E-state index contributed by atoms with van der Waals surface area (Å²) in [6.07, 6.45) is -23.1. The molecule has 3 fully saturated rings. The van der Waals surface area contributed by atoms with E-state index < -0.39 is 118 Å². The van der Waals surface area contributed by atoms with Crippen molar-refractivity contribution in [1.29, 1.82) is 0 Å². The summed E-state index contributed by atoms with van der Waals surface area (Å²) in [5, 5.41) is 103. The average molecular weight is 545 g/mol. The summed E-state index contributed by atoms with van der Waals surface area (Å²) in [6.45, 7) is -1.21. The lowest BCUT2D eigenvalue weighted by molar-refractivity contribution is -0.372. The van der Waals surface area contributed by atoms with Gasteiger partial charge in [-0.2, -0.15) is 0 Å². The van der Waals surface area contributed by atoms with Crippen molar-refractivity contribution in [3.05, 3.63) is 0 Å². The molecule has 3 heterocycles. The number of aliphatic hydroxyl groups excluding tert-OH is 10. The first kappa shape index (κ1) is 30.4. The highest BCUT2D eigenvalue weighted by Gasteiger charge is 2.53. The van der Waals surface area contributed by atoms with Crippen molar-refractivity contribution < 1.29 is 79.5 Å². The second kappa shape index (κ2) is 12.8. The van der Waals surface area contributed by atoms with E-state index in [-0.39, 0.29) is 0 Å². The molecule has 3 saturated heterocycles. The number of carbonyl (C=O) groups excluding carboxylic acids is 1. The Balaban J connectivity index is 1.77. The second-order valence-electron chi connectivity index (χ2n) is 9.07. The summed E-state index contributed by atoms with van der Waals surface area (Å²) in [6, 6.07) is -1.39. The fourth-order valence-electron chi connectivity index (χ4n) is 4.46. The smallest absolute Gasteiger partial charge is 0.217 e. The van der Waals surface area contributed by atoms with E-state index in [9.17, 15) is 55.9 Å². The largest absolute Gasteiger partial charge is 0.394 e. The van der Waals surface area contributed by atoms with Crippen LogP contribution >= 0.6 is 0 Å². The number of hydrogen-bond acceptors (Lipinski definition) is 16. The second-order valence-corrected chi connectivity index (χ2v) is 9.07. The molecule has 0 saturated carbocycles. The Bertz CT molecular complexity index is 743. The van der Waals surface area contributed by atoms with Crippen LogP contribution in [-0.4, -0.2) is 169 Å². The molecule has 0 bridgehead atoms. The first-order chi connectivity index (χ1) is 17.4. The molecule has 17 nitrogen and oxygen atoms in total. The Morgan fingerprint density at radius 2 is 1.14 bits per heavy atom. The highest BCUT2D eigenvalue weighted by molar-refractivity contribution is 5.73. The van der Waals surface area contributed by atoms with Crippen LogP contribution in [0.25, 0.3) is 0 Å². The standard InChI is InChI=1S/C20H35NO16/c1-5(25)21-9-11(27)10(26)6(2-22)34-19(9)36-17-8(4-24)35-20(15(31)13(17)29)37-16-7(3-23)33-18(32)14(30)12(16)28/h6-20,22-24,26-32H,2-4H2,1H3,(H,21,25)/t6-,7-,8-,9-,10-,11-,12-,13-,14-,15+,16-,17-,18-,19+,20+/m1/s1. The first-order valence-corrected chi connectivity index (χ1v) is 11.6. The van der Waals surface area contributed by atoms with Crippen molar-refractivity contribution in [3.63, 3.8) is 0 Å². The maximum absolute atomic E-state index is 11.6. The Hall–Kier alpha value is -1.13. The molecular weight excluding hydrogens is 510 g/mol. The SMILES string of the molecule is CC(=O)N[C@H]1[C@H](O[C@H]2[C@H](O)[C@H](O)[C@H](O[C@H]3[C@H](O)[C@@H](O)[C@H](O)O[C@@H]3CO)O[C@@H]2CO)O[C@H](CO)[C@@H](O)[C@@H]1O. The zero-order valence-electron chi connectivity index (χ0n) is 19.7. The number of aliphatic hydroxyl groups is 10. The Labute approximate surface area is 210 Å². The molecule has 15 atom stereocenters. The monoisotopic (exact) mass is 545 g/mol. The van der Waals surface area contributed by atoms with Crippen LogP contribution in [0.1, 0.15) is 6.92 Å². The van der Waals surface area contributed by atoms with Crippen LogP contribution in [0.3, 0.4) is 0 Å². The van der Waals surface area contributed by atoms with Crippen LogP contribution < -0.4 is 5.32 Å². The molecule has 216 valence electrons. The Kier molecular flexibility index (Phi) is 10.5. The summed E-state index contributed by atoms with van der Waals surface area (Å²) in [5.74, 6) is -0.637. The van der Waals surface area contributed by atoms with E-state index >= 15 is 0 Å². The van der Waals surface area contributed by atoms with E-state index in [2.05, 4.69) is 5.32 Å². The fourth-order valence-corrected chi connectivity index (χ4v) is 4.46. The van der Waals surface area contributed by atoms with E-state index in [1.54, 1.807) is 0 Å². The fraction of sp³-hybridized carbons (Fsp3) is 0.950. The zero-order chi connectivity index (χ0) is 27.6. The van der Waals surface area contributed by atoms with Crippen molar-refractivity contribution in [2.75, 3.05) is 19.8 Å². The average Bonchev–Trinajstić information content (AvgIpc) is 2.87. The molecule has 0 aromatic heterocycles. The predicted octanol–water partition coefficient (Wildman–Crippen LogP) is -7.43. The van der Waals surface area contributed by atoms with Gasteiger partial charge in [0.1, 0.15) is 73.2 Å². The van der Waals surface area contributed by atoms with Crippen molar-refractivity contribution in [1.82, 2.24) is 5.32 Å². The minimum absolute atomic E-state index is 0.637. The van der Waals surface area contributed by atoms with Gasteiger partial charge < -0.3 is 80.1 Å². The van der Waals surface area contributed by atoms with Gasteiger partial charge in [-0.15, -0.1) is 0 Å². The normalized spacial score (nSPS) is 49.0. The summed E-state index contributed by atoms with van der Waals surface area (Å²) in [5.41, 5.74) is 0. The van der Waals surface area contributed by atoms with Crippen LogP contribution in [0.2, 0.25) is 0 Å². The maximum Gasteiger partial charge on any atom is 0.217 e. The number of nitrogens with one attached hydrogen (secondary N) is 1. The van der Waals surface area contributed by atoms with Crippen molar-refractivity contribution in [2.45, 2.75) is 99.0 Å². The van der Waals surface area contributed by atoms with Gasteiger partial charge >= 0.3 is 0 Å². The van der Waals surface area contributed by atoms with E-state index in [0.717, 1.165) is 6.92 Å². The molecule has 3 aliphatic rings. The molecule has 0 unspecified atom stereocenters. The Morgan fingerprint density at radius 1 is 0.649 bits per heavy atom. The molecule has 0 spiro atoms. The summed E-state index contributed by atoms with van der Waals surface area (Å²) in [4.78, 5) is 11.6. The van der Waals surface area contributed by atoms with Crippen LogP contribution in [0.4, 0.5) is 0 Å². The van der Waals surface area contributed by atoms with Gasteiger partial charge in [-0.3, -0.25) is 4.79 Å². The molecule has 0 radical (unpaired) electrons. The van der Waals surface area contributed by atoms with Gasteiger partial charge in [-0.1, -0.05) is 0 Å². The van der Waals surface area contributed by atoms with E-state index in [4.69, 9.17) is 23.7 Å². The number of rotatable bonds is 8. The molecule has 1 amide bonds. The third-order valence-corrected chi connectivity index (χ3v) is 6.49. The third kappa shape index (κ3) is 6.38. The highest BCUT2D eigenvalue weighted by Crippen LogP contribution is 2.32. The molecule has 17 heteroatoms. The van der Waals surface area contributed by atoms with E-state index in [1.165, 1.54) is 0 Å². The molecule has 0 aliphatic carbocycles. The zero-order valence-corrected chi connectivity index (χ0v) is 19.7. The maximum atomic E-state index is 11.6. The van der Waals surface area contributed by atoms with Gasteiger partial charge in [0, 0.05) is 6.92 Å². The first-order valence-electron chi connectivity index (χ1n) is 11.6. The summed E-state index contributed by atoms with van der Waals surface area (Å²) in [7, 11) is 0. The molecule has 0 aromatic carbocycles. The van der Waals surface area contributed by atoms with Crippen molar-refractivity contribution in [3.8, 4) is 0 Å². The number of amides is 1. The lowest BCUT2D eigenvalue weighted by atomic mass is 9.95. The summed E-state index contributed by atoms with van der Waals surface area (Å²) < 4.78 is 27.0. The number of carbonyl (C=O) groups is 1. The molecule has 3 aliphatic heterocycles. The van der Waals surface area contributed by atoms with Gasteiger partial charge in [-0.25, -0.2) is 0 Å². The van der Waals surface area contributed by atoms with E-state index in [0.29, 0.717) is 0 Å². The molecular formula is C20H35NO16. The minimum atomic E-state index is -1.92. The van der Waals surface area contributed by atoms with Crippen LogP contribution in [-0.2, 0) is 28.5 Å².